The number of phosphoric acid groups is 1. The molecule has 0 aliphatic carbocycles. The van der Waals surface area contributed by atoms with E-state index in [1.807, 2.05) is 21.1 Å². The Kier molecular flexibility index (Phi) is 18.7. The number of ether oxygens (including phenoxy) is 2. The van der Waals surface area contributed by atoms with E-state index < -0.39 is 26.5 Å². The highest BCUT2D eigenvalue weighted by Crippen LogP contribution is 2.43. The molecule has 0 amide bonds. The molecule has 0 radical (unpaired) electrons. The first-order valence-corrected chi connectivity index (χ1v) is 14.3. The molecule has 0 fully saturated rings. The number of rotatable bonds is 22. The van der Waals surface area contributed by atoms with E-state index in [-0.39, 0.29) is 32.0 Å². The van der Waals surface area contributed by atoms with Gasteiger partial charge in [0.15, 0.2) is 6.10 Å². The second-order valence-corrected chi connectivity index (χ2v) is 11.2. The van der Waals surface area contributed by atoms with E-state index in [9.17, 15) is 19.0 Å². The quantitative estimate of drug-likeness (QED) is 0.0938. The van der Waals surface area contributed by atoms with Crippen LogP contribution in [0, 0.1) is 0 Å². The van der Waals surface area contributed by atoms with E-state index in [1.54, 1.807) is 0 Å². The Morgan fingerprint density at radius 1 is 0.794 bits per heavy atom. The van der Waals surface area contributed by atoms with Gasteiger partial charge in [0.05, 0.1) is 27.7 Å². The largest absolute Gasteiger partial charge is 0.472 e. The lowest BCUT2D eigenvalue weighted by Crippen LogP contribution is -2.37. The monoisotopic (exact) mass is 510 g/mol. The molecule has 0 spiro atoms. The number of likely N-dealkylation sites (N-methyl/N-ethyl adjacent to an activating group) is 1. The van der Waals surface area contributed by atoms with Crippen molar-refractivity contribution in [2.24, 2.45) is 0 Å². The Hall–Kier alpha value is -0.990. The van der Waals surface area contributed by atoms with Crippen LogP contribution in [-0.2, 0) is 32.7 Å². The average Bonchev–Trinajstić information content (AvgIpc) is 2.74. The minimum atomic E-state index is -4.33. The lowest BCUT2D eigenvalue weighted by atomic mass is 10.1. The zero-order valence-corrected chi connectivity index (χ0v) is 23.0. The van der Waals surface area contributed by atoms with Crippen molar-refractivity contribution in [2.75, 3.05) is 47.5 Å². The summed E-state index contributed by atoms with van der Waals surface area (Å²) in [4.78, 5) is 34.2. The lowest BCUT2D eigenvalue weighted by Gasteiger charge is -2.24. The van der Waals surface area contributed by atoms with Crippen LogP contribution in [-0.4, -0.2) is 74.9 Å². The average molecular weight is 511 g/mol. The van der Waals surface area contributed by atoms with Crippen molar-refractivity contribution in [1.29, 1.82) is 0 Å². The number of nitrogens with zero attached hydrogens (tertiary/aromatic N) is 1. The van der Waals surface area contributed by atoms with Crippen LogP contribution in [0.2, 0.25) is 0 Å². The van der Waals surface area contributed by atoms with E-state index >= 15 is 0 Å². The first kappa shape index (κ1) is 33.0. The number of carbonyl (C=O) groups excluding carboxylic acids is 2. The van der Waals surface area contributed by atoms with Crippen molar-refractivity contribution in [2.45, 2.75) is 97.0 Å². The smallest absolute Gasteiger partial charge is 0.462 e. The topological polar surface area (TPSA) is 108 Å². The summed E-state index contributed by atoms with van der Waals surface area (Å²) < 4.78 is 33.4. The Morgan fingerprint density at radius 2 is 1.32 bits per heavy atom. The molecule has 0 aliphatic rings. The molecule has 1 N–H and O–H groups in total. The Balaban J connectivity index is 4.62. The SMILES string of the molecule is CCCCCCCCC(=O)OC(COC(=O)CCCCCC)COP(=O)(O)OCC[N+](C)(C)C. The third-order valence-corrected chi connectivity index (χ3v) is 6.12. The maximum absolute atomic E-state index is 12.3. The molecule has 9 nitrogen and oxygen atoms in total. The molecule has 2 atom stereocenters. The van der Waals surface area contributed by atoms with Gasteiger partial charge in [0.1, 0.15) is 19.8 Å². The molecule has 10 heteroatoms. The Bertz CT molecular complexity index is 594. The maximum Gasteiger partial charge on any atom is 0.472 e. The minimum absolute atomic E-state index is 0.0342. The number of hydrogen-bond acceptors (Lipinski definition) is 7. The zero-order chi connectivity index (χ0) is 25.9. The van der Waals surface area contributed by atoms with Crippen LogP contribution >= 0.6 is 7.82 Å². The van der Waals surface area contributed by atoms with Crippen LogP contribution in [0.4, 0.5) is 0 Å². The first-order chi connectivity index (χ1) is 16.0. The molecule has 2 unspecified atom stereocenters. The minimum Gasteiger partial charge on any atom is -0.462 e. The molecular formula is C24H49NO8P+. The zero-order valence-electron chi connectivity index (χ0n) is 22.1. The molecule has 0 bridgehead atoms. The van der Waals surface area contributed by atoms with Crippen molar-refractivity contribution >= 4 is 19.8 Å². The van der Waals surface area contributed by atoms with Gasteiger partial charge < -0.3 is 18.9 Å². The molecule has 0 aliphatic heterocycles. The van der Waals surface area contributed by atoms with Crippen LogP contribution in [0.3, 0.4) is 0 Å². The summed E-state index contributed by atoms with van der Waals surface area (Å²) in [5.74, 6) is -0.832. The highest BCUT2D eigenvalue weighted by molar-refractivity contribution is 7.47. The van der Waals surface area contributed by atoms with E-state index in [2.05, 4.69) is 13.8 Å². The molecule has 0 saturated heterocycles. The summed E-state index contributed by atoms with van der Waals surface area (Å²) in [6.07, 6.45) is 9.57. The van der Waals surface area contributed by atoms with Crippen LogP contribution in [0.25, 0.3) is 0 Å². The molecule has 202 valence electrons. The first-order valence-electron chi connectivity index (χ1n) is 12.8. The highest BCUT2D eigenvalue weighted by atomic mass is 31.2. The predicted octanol–water partition coefficient (Wildman–Crippen LogP) is 5.00. The standard InChI is InChI=1S/C24H48NO8P/c1-6-8-10-12-13-15-17-24(27)33-22(20-30-23(26)16-14-11-9-7-2)21-32-34(28,29)31-19-18-25(3,4)5/h22H,6-21H2,1-5H3/p+1. The lowest BCUT2D eigenvalue weighted by molar-refractivity contribution is -0.870. The van der Waals surface area contributed by atoms with Gasteiger partial charge in [-0.25, -0.2) is 4.57 Å². The number of unbranched alkanes of at least 4 members (excludes halogenated alkanes) is 8. The Morgan fingerprint density at radius 3 is 1.91 bits per heavy atom. The number of esters is 2. The van der Waals surface area contributed by atoms with Gasteiger partial charge >= 0.3 is 19.8 Å². The van der Waals surface area contributed by atoms with Gasteiger partial charge in [0, 0.05) is 12.8 Å². The fourth-order valence-corrected chi connectivity index (χ4v) is 3.75. The summed E-state index contributed by atoms with van der Waals surface area (Å²) in [6.45, 7) is 4.16. The van der Waals surface area contributed by atoms with Crippen LogP contribution in [0.15, 0.2) is 0 Å². The van der Waals surface area contributed by atoms with E-state index in [0.717, 1.165) is 51.4 Å². The molecule has 0 aromatic carbocycles. The van der Waals surface area contributed by atoms with Gasteiger partial charge in [-0.3, -0.25) is 18.6 Å². The van der Waals surface area contributed by atoms with Crippen LogP contribution in [0.5, 0.6) is 0 Å². The predicted molar refractivity (Wildman–Crippen MR) is 132 cm³/mol. The summed E-state index contributed by atoms with van der Waals surface area (Å²) in [7, 11) is 1.47. The fraction of sp³-hybridized carbons (Fsp3) is 0.917. The second-order valence-electron chi connectivity index (χ2n) is 9.73. The fourth-order valence-electron chi connectivity index (χ4n) is 3.01. The van der Waals surface area contributed by atoms with Crippen molar-refractivity contribution in [3.05, 3.63) is 0 Å². The molecule has 0 rings (SSSR count). The molecular weight excluding hydrogens is 461 g/mol. The van der Waals surface area contributed by atoms with Crippen molar-refractivity contribution in [3.63, 3.8) is 0 Å². The molecule has 0 aromatic rings. The van der Waals surface area contributed by atoms with Crippen molar-refractivity contribution < 1.29 is 42.1 Å². The van der Waals surface area contributed by atoms with Crippen LogP contribution in [0.1, 0.15) is 90.9 Å². The van der Waals surface area contributed by atoms with Crippen molar-refractivity contribution in [3.8, 4) is 0 Å². The van der Waals surface area contributed by atoms with E-state index in [4.69, 9.17) is 18.5 Å². The third kappa shape index (κ3) is 21.5. The number of carbonyl (C=O) groups is 2. The van der Waals surface area contributed by atoms with Crippen LogP contribution < -0.4 is 0 Å². The van der Waals surface area contributed by atoms with Crippen molar-refractivity contribution in [1.82, 2.24) is 0 Å². The van der Waals surface area contributed by atoms with Gasteiger partial charge in [-0.2, -0.15) is 0 Å². The number of phosphoric ester groups is 1. The van der Waals surface area contributed by atoms with Gasteiger partial charge in [0.25, 0.3) is 0 Å². The Labute approximate surface area is 206 Å². The van der Waals surface area contributed by atoms with Gasteiger partial charge in [-0.05, 0) is 12.8 Å². The molecule has 0 aromatic heterocycles. The van der Waals surface area contributed by atoms with Gasteiger partial charge in [0.2, 0.25) is 0 Å². The van der Waals surface area contributed by atoms with E-state index in [0.29, 0.717) is 17.4 Å². The molecule has 0 saturated carbocycles. The number of quaternary nitrogens is 1. The summed E-state index contributed by atoms with van der Waals surface area (Å²) in [5, 5.41) is 0. The molecule has 34 heavy (non-hydrogen) atoms. The van der Waals surface area contributed by atoms with Gasteiger partial charge in [-0.1, -0.05) is 65.2 Å². The van der Waals surface area contributed by atoms with E-state index in [1.165, 1.54) is 6.42 Å². The summed E-state index contributed by atoms with van der Waals surface area (Å²) in [5.41, 5.74) is 0. The summed E-state index contributed by atoms with van der Waals surface area (Å²) in [6, 6.07) is 0. The third-order valence-electron chi connectivity index (χ3n) is 5.14. The summed E-state index contributed by atoms with van der Waals surface area (Å²) >= 11 is 0. The normalized spacial score (nSPS) is 14.4. The highest BCUT2D eigenvalue weighted by Gasteiger charge is 2.27. The number of hydrogen-bond donors (Lipinski definition) is 1. The second kappa shape index (κ2) is 19.2. The van der Waals surface area contributed by atoms with Gasteiger partial charge in [-0.15, -0.1) is 0 Å². The molecule has 0 heterocycles. The maximum atomic E-state index is 12.3.